The molecule has 0 bridgehead atoms. The highest BCUT2D eigenvalue weighted by atomic mass is 16.5. The van der Waals surface area contributed by atoms with Gasteiger partial charge in [-0.2, -0.15) is 0 Å². The maximum Gasteiger partial charge on any atom is 0.0955 e. The molecule has 0 saturated heterocycles. The molecule has 4 heteroatoms. The van der Waals surface area contributed by atoms with E-state index < -0.39 is 0 Å². The molecule has 0 amide bonds. The predicted molar refractivity (Wildman–Crippen MR) is 82.0 cm³/mol. The van der Waals surface area contributed by atoms with E-state index in [9.17, 15) is 0 Å². The normalized spacial score (nSPS) is 17.9. The van der Waals surface area contributed by atoms with Crippen molar-refractivity contribution in [1.29, 1.82) is 0 Å². The van der Waals surface area contributed by atoms with Crippen LogP contribution in [-0.2, 0) is 18.4 Å². The molecule has 21 heavy (non-hydrogen) atoms. The van der Waals surface area contributed by atoms with Crippen LogP contribution in [0.2, 0.25) is 0 Å². The fourth-order valence-corrected chi connectivity index (χ4v) is 3.06. The number of pyridine rings is 1. The molecule has 1 aromatic carbocycles. The number of fused-ring (bicyclic) bond motifs is 2. The Hall–Kier alpha value is -2.20. The average Bonchev–Trinajstić information content (AvgIpc) is 2.88. The quantitative estimate of drug-likeness (QED) is 0.686. The molecule has 1 unspecified atom stereocenters. The fraction of sp³-hybridized carbons (Fsp3) is 0.294. The number of imidazole rings is 1. The first-order valence-corrected chi connectivity index (χ1v) is 7.20. The maximum atomic E-state index is 5.72. The van der Waals surface area contributed by atoms with Gasteiger partial charge in [0.1, 0.15) is 0 Å². The third-order valence-corrected chi connectivity index (χ3v) is 4.27. The number of hydrogen-bond donors (Lipinski definition) is 0. The second-order valence-corrected chi connectivity index (χ2v) is 5.73. The molecule has 0 radical (unpaired) electrons. The van der Waals surface area contributed by atoms with Gasteiger partial charge in [-0.1, -0.05) is 13.0 Å². The molecule has 3 heterocycles. The SMILES string of the molecule is CC1COCc2c(-c3ccc4ncn(C)c4c3)cncc21. The summed E-state index contributed by atoms with van der Waals surface area (Å²) in [5, 5.41) is 0. The Balaban J connectivity index is 1.92. The van der Waals surface area contributed by atoms with Gasteiger partial charge in [0.15, 0.2) is 0 Å². The Labute approximate surface area is 123 Å². The highest BCUT2D eigenvalue weighted by Crippen LogP contribution is 2.34. The maximum absolute atomic E-state index is 5.72. The number of rotatable bonds is 1. The van der Waals surface area contributed by atoms with Crippen molar-refractivity contribution >= 4 is 11.0 Å². The van der Waals surface area contributed by atoms with Crippen molar-refractivity contribution in [2.24, 2.45) is 7.05 Å². The van der Waals surface area contributed by atoms with E-state index in [-0.39, 0.29) is 0 Å². The lowest BCUT2D eigenvalue weighted by molar-refractivity contribution is 0.0953. The van der Waals surface area contributed by atoms with Crippen molar-refractivity contribution in [3.8, 4) is 11.1 Å². The van der Waals surface area contributed by atoms with Crippen LogP contribution in [0.5, 0.6) is 0 Å². The van der Waals surface area contributed by atoms with Crippen LogP contribution in [0.4, 0.5) is 0 Å². The summed E-state index contributed by atoms with van der Waals surface area (Å²) < 4.78 is 7.76. The monoisotopic (exact) mass is 279 g/mol. The summed E-state index contributed by atoms with van der Waals surface area (Å²) >= 11 is 0. The Morgan fingerprint density at radius 2 is 2.19 bits per heavy atom. The van der Waals surface area contributed by atoms with Crippen molar-refractivity contribution in [3.63, 3.8) is 0 Å². The molecule has 106 valence electrons. The van der Waals surface area contributed by atoms with Crippen molar-refractivity contribution in [2.75, 3.05) is 6.61 Å². The predicted octanol–water partition coefficient (Wildman–Crippen LogP) is 3.27. The first-order valence-electron chi connectivity index (χ1n) is 7.20. The molecule has 0 spiro atoms. The smallest absolute Gasteiger partial charge is 0.0955 e. The van der Waals surface area contributed by atoms with Crippen LogP contribution in [-0.4, -0.2) is 21.1 Å². The molecule has 1 aliphatic rings. The number of aryl methyl sites for hydroxylation is 1. The van der Waals surface area contributed by atoms with E-state index in [2.05, 4.69) is 35.1 Å². The topological polar surface area (TPSA) is 39.9 Å². The molecular formula is C17H17N3O. The second-order valence-electron chi connectivity index (χ2n) is 5.73. The first kappa shape index (κ1) is 12.5. The highest BCUT2D eigenvalue weighted by Gasteiger charge is 2.20. The van der Waals surface area contributed by atoms with Crippen LogP contribution in [0.25, 0.3) is 22.2 Å². The number of aromatic nitrogens is 3. The van der Waals surface area contributed by atoms with E-state index >= 15 is 0 Å². The lowest BCUT2D eigenvalue weighted by Gasteiger charge is -2.24. The van der Waals surface area contributed by atoms with Crippen molar-refractivity contribution < 1.29 is 4.74 Å². The van der Waals surface area contributed by atoms with Gasteiger partial charge in [0.05, 0.1) is 30.6 Å². The van der Waals surface area contributed by atoms with E-state index in [1.807, 2.05) is 30.3 Å². The summed E-state index contributed by atoms with van der Waals surface area (Å²) in [6.45, 7) is 3.63. The molecule has 0 N–H and O–H groups in total. The minimum absolute atomic E-state index is 0.404. The van der Waals surface area contributed by atoms with Gasteiger partial charge >= 0.3 is 0 Å². The molecule has 3 aromatic rings. The molecule has 0 aliphatic carbocycles. The first-order chi connectivity index (χ1) is 10.2. The van der Waals surface area contributed by atoms with Crippen molar-refractivity contribution in [3.05, 3.63) is 48.0 Å². The Bertz CT molecular complexity index is 822. The number of benzene rings is 1. The Morgan fingerprint density at radius 3 is 3.10 bits per heavy atom. The minimum atomic E-state index is 0.404. The lowest BCUT2D eigenvalue weighted by atomic mass is 9.91. The van der Waals surface area contributed by atoms with Crippen LogP contribution >= 0.6 is 0 Å². The standard InChI is InChI=1S/C17H17N3O/c1-11-8-21-9-15-13(11)6-18-7-14(15)12-3-4-16-17(5-12)20(2)10-19-16/h3-7,10-11H,8-9H2,1-2H3. The molecule has 0 saturated carbocycles. The van der Waals surface area contributed by atoms with Crippen molar-refractivity contribution in [2.45, 2.75) is 19.4 Å². The Morgan fingerprint density at radius 1 is 1.29 bits per heavy atom. The average molecular weight is 279 g/mol. The second kappa shape index (κ2) is 4.67. The summed E-state index contributed by atoms with van der Waals surface area (Å²) in [6.07, 6.45) is 5.77. The molecule has 4 rings (SSSR count). The highest BCUT2D eigenvalue weighted by molar-refractivity contribution is 5.83. The van der Waals surface area contributed by atoms with Crippen LogP contribution in [0.15, 0.2) is 36.9 Å². The van der Waals surface area contributed by atoms with Gasteiger partial charge in [0.2, 0.25) is 0 Å². The van der Waals surface area contributed by atoms with Gasteiger partial charge in [0.25, 0.3) is 0 Å². The van der Waals surface area contributed by atoms with E-state index in [4.69, 9.17) is 4.74 Å². The number of nitrogens with zero attached hydrogens (tertiary/aromatic N) is 3. The molecule has 0 fully saturated rings. The summed E-state index contributed by atoms with van der Waals surface area (Å²) in [5.41, 5.74) is 7.07. The molecule has 4 nitrogen and oxygen atoms in total. The minimum Gasteiger partial charge on any atom is -0.376 e. The van der Waals surface area contributed by atoms with E-state index in [1.54, 1.807) is 0 Å². The molecular weight excluding hydrogens is 262 g/mol. The zero-order chi connectivity index (χ0) is 14.4. The van der Waals surface area contributed by atoms with Crippen molar-refractivity contribution in [1.82, 2.24) is 14.5 Å². The van der Waals surface area contributed by atoms with E-state index in [0.29, 0.717) is 12.5 Å². The third kappa shape index (κ3) is 1.94. The van der Waals surface area contributed by atoms with Crippen LogP contribution in [0, 0.1) is 0 Å². The zero-order valence-electron chi connectivity index (χ0n) is 12.2. The van der Waals surface area contributed by atoms with Gasteiger partial charge < -0.3 is 9.30 Å². The summed E-state index contributed by atoms with van der Waals surface area (Å²) in [5.74, 6) is 0.404. The molecule has 1 aliphatic heterocycles. The molecule has 2 aromatic heterocycles. The van der Waals surface area contributed by atoms with E-state index in [0.717, 1.165) is 17.6 Å². The summed E-state index contributed by atoms with van der Waals surface area (Å²) in [6, 6.07) is 6.36. The molecule has 1 atom stereocenters. The Kier molecular flexibility index (Phi) is 2.79. The summed E-state index contributed by atoms with van der Waals surface area (Å²) in [7, 11) is 2.02. The van der Waals surface area contributed by atoms with E-state index in [1.165, 1.54) is 22.3 Å². The van der Waals surface area contributed by atoms with Gasteiger partial charge in [0, 0.05) is 30.9 Å². The summed E-state index contributed by atoms with van der Waals surface area (Å²) in [4.78, 5) is 8.81. The largest absolute Gasteiger partial charge is 0.376 e. The van der Waals surface area contributed by atoms with Gasteiger partial charge in [-0.25, -0.2) is 4.98 Å². The number of hydrogen-bond acceptors (Lipinski definition) is 3. The fourth-order valence-electron chi connectivity index (χ4n) is 3.06. The zero-order valence-corrected chi connectivity index (χ0v) is 12.2. The van der Waals surface area contributed by atoms with Crippen LogP contribution in [0.3, 0.4) is 0 Å². The van der Waals surface area contributed by atoms with Crippen LogP contribution < -0.4 is 0 Å². The van der Waals surface area contributed by atoms with Gasteiger partial charge in [-0.3, -0.25) is 4.98 Å². The third-order valence-electron chi connectivity index (χ3n) is 4.27. The lowest BCUT2D eigenvalue weighted by Crippen LogP contribution is -2.15. The van der Waals surface area contributed by atoms with Gasteiger partial charge in [-0.15, -0.1) is 0 Å². The number of ether oxygens (including phenoxy) is 1. The van der Waals surface area contributed by atoms with Crippen LogP contribution in [0.1, 0.15) is 24.0 Å². The van der Waals surface area contributed by atoms with Gasteiger partial charge in [-0.05, 0) is 28.8 Å².